The third-order valence-electron chi connectivity index (χ3n) is 3.05. The Kier molecular flexibility index (Phi) is 4.32. The number of hydrogen-bond donors (Lipinski definition) is 3. The molecule has 5 N–H and O–H groups in total. The number of nitrogen functional groups attached to an aromatic ring is 2. The molecule has 0 saturated carbocycles. The van der Waals surface area contributed by atoms with E-state index in [1.165, 1.54) is 6.20 Å². The first-order chi connectivity index (χ1) is 11.4. The number of anilines is 3. The van der Waals surface area contributed by atoms with Gasteiger partial charge >= 0.3 is 0 Å². The van der Waals surface area contributed by atoms with Gasteiger partial charge in [-0.05, 0) is 18.2 Å². The van der Waals surface area contributed by atoms with E-state index >= 15 is 0 Å². The summed E-state index contributed by atoms with van der Waals surface area (Å²) in [5, 5.41) is 3.45. The molecule has 0 saturated heterocycles. The van der Waals surface area contributed by atoms with Crippen molar-refractivity contribution in [1.82, 2.24) is 19.9 Å². The summed E-state index contributed by atoms with van der Waals surface area (Å²) < 4.78 is 0. The topological polar surface area (TPSA) is 133 Å². The highest BCUT2D eigenvalue weighted by Crippen LogP contribution is 2.25. The van der Waals surface area contributed by atoms with Gasteiger partial charge in [-0.1, -0.05) is 23.2 Å². The molecule has 0 aliphatic heterocycles. The molecule has 0 radical (unpaired) electrons. The molecule has 0 aliphatic rings. The largest absolute Gasteiger partial charge is 0.382 e. The first kappa shape index (κ1) is 16.2. The fourth-order valence-corrected chi connectivity index (χ4v) is 2.31. The molecule has 10 heteroatoms. The molecule has 3 rings (SSSR count). The lowest BCUT2D eigenvalue weighted by molar-refractivity contribution is -0.115. The van der Waals surface area contributed by atoms with Crippen LogP contribution in [-0.4, -0.2) is 25.8 Å². The van der Waals surface area contributed by atoms with Crippen LogP contribution < -0.4 is 16.8 Å². The Labute approximate surface area is 146 Å². The summed E-state index contributed by atoms with van der Waals surface area (Å²) >= 11 is 11.7. The monoisotopic (exact) mass is 363 g/mol. The molecular formula is C14H11Cl2N7O. The number of nitrogens with zero attached hydrogens (tertiary/aromatic N) is 4. The van der Waals surface area contributed by atoms with Gasteiger partial charge in [0.15, 0.2) is 17.0 Å². The number of fused-ring (bicyclic) bond motifs is 1. The molecule has 1 aromatic carbocycles. The molecule has 1 amide bonds. The lowest BCUT2D eigenvalue weighted by atomic mass is 10.2. The van der Waals surface area contributed by atoms with Crippen molar-refractivity contribution in [3.8, 4) is 0 Å². The second kappa shape index (κ2) is 6.42. The minimum atomic E-state index is -0.294. The van der Waals surface area contributed by atoms with E-state index in [-0.39, 0.29) is 29.7 Å². The van der Waals surface area contributed by atoms with Gasteiger partial charge in [-0.25, -0.2) is 9.97 Å². The molecule has 0 spiro atoms. The summed E-state index contributed by atoms with van der Waals surface area (Å²) in [5.41, 5.74) is 12.8. The van der Waals surface area contributed by atoms with Gasteiger partial charge in [0.05, 0.1) is 28.4 Å². The van der Waals surface area contributed by atoms with Gasteiger partial charge in [0.1, 0.15) is 0 Å². The number of carbonyl (C=O) groups is 1. The van der Waals surface area contributed by atoms with Crippen LogP contribution in [0.2, 0.25) is 10.0 Å². The van der Waals surface area contributed by atoms with Crippen molar-refractivity contribution >= 4 is 57.7 Å². The maximum absolute atomic E-state index is 12.1. The molecule has 122 valence electrons. The number of amides is 1. The first-order valence-electron chi connectivity index (χ1n) is 6.72. The van der Waals surface area contributed by atoms with Crippen molar-refractivity contribution in [3.63, 3.8) is 0 Å². The highest BCUT2D eigenvalue weighted by Gasteiger charge is 2.11. The summed E-state index contributed by atoms with van der Waals surface area (Å²) in [7, 11) is 0. The van der Waals surface area contributed by atoms with Crippen LogP contribution in [0, 0.1) is 0 Å². The van der Waals surface area contributed by atoms with Gasteiger partial charge < -0.3 is 16.8 Å². The SMILES string of the molecule is Nc1nc(N)c2nc(CC(=O)Nc3ccc(Cl)c(Cl)c3)cnc2n1. The number of nitrogens with two attached hydrogens (primary N) is 2. The van der Waals surface area contributed by atoms with Crippen molar-refractivity contribution in [2.45, 2.75) is 6.42 Å². The molecule has 0 unspecified atom stereocenters. The van der Waals surface area contributed by atoms with E-state index in [1.54, 1.807) is 18.2 Å². The Hall–Kier alpha value is -2.71. The highest BCUT2D eigenvalue weighted by atomic mass is 35.5. The Morgan fingerprint density at radius 3 is 2.67 bits per heavy atom. The normalized spacial score (nSPS) is 10.8. The van der Waals surface area contributed by atoms with Crippen LogP contribution in [0.4, 0.5) is 17.5 Å². The Morgan fingerprint density at radius 1 is 1.12 bits per heavy atom. The van der Waals surface area contributed by atoms with Gasteiger partial charge in [0, 0.05) is 5.69 Å². The summed E-state index contributed by atoms with van der Waals surface area (Å²) in [6, 6.07) is 4.80. The van der Waals surface area contributed by atoms with Crippen LogP contribution >= 0.6 is 23.2 Å². The molecular weight excluding hydrogens is 353 g/mol. The van der Waals surface area contributed by atoms with Gasteiger partial charge in [-0.3, -0.25) is 4.79 Å². The van der Waals surface area contributed by atoms with E-state index in [9.17, 15) is 4.79 Å². The fourth-order valence-electron chi connectivity index (χ4n) is 2.01. The van der Waals surface area contributed by atoms with E-state index in [0.29, 0.717) is 26.9 Å². The maximum Gasteiger partial charge on any atom is 0.230 e. The second-order valence-corrected chi connectivity index (χ2v) is 5.67. The van der Waals surface area contributed by atoms with Crippen LogP contribution in [0.15, 0.2) is 24.4 Å². The molecule has 0 aliphatic carbocycles. The molecule has 2 aromatic heterocycles. The molecule has 24 heavy (non-hydrogen) atoms. The number of halogens is 2. The zero-order valence-corrected chi connectivity index (χ0v) is 13.6. The lowest BCUT2D eigenvalue weighted by Crippen LogP contribution is -2.15. The quantitative estimate of drug-likeness (QED) is 0.648. The summed E-state index contributed by atoms with van der Waals surface area (Å²) in [4.78, 5) is 28.2. The maximum atomic E-state index is 12.1. The average molecular weight is 364 g/mol. The van der Waals surface area contributed by atoms with E-state index in [1.807, 2.05) is 0 Å². The molecule has 3 aromatic rings. The van der Waals surface area contributed by atoms with Crippen molar-refractivity contribution < 1.29 is 4.79 Å². The summed E-state index contributed by atoms with van der Waals surface area (Å²) in [6.45, 7) is 0. The lowest BCUT2D eigenvalue weighted by Gasteiger charge is -2.07. The third-order valence-corrected chi connectivity index (χ3v) is 3.79. The number of rotatable bonds is 3. The van der Waals surface area contributed by atoms with E-state index < -0.39 is 0 Å². The second-order valence-electron chi connectivity index (χ2n) is 4.85. The Balaban J connectivity index is 1.79. The van der Waals surface area contributed by atoms with Crippen LogP contribution in [0.3, 0.4) is 0 Å². The zero-order valence-electron chi connectivity index (χ0n) is 12.1. The van der Waals surface area contributed by atoms with Crippen LogP contribution in [-0.2, 0) is 11.2 Å². The third kappa shape index (κ3) is 3.44. The highest BCUT2D eigenvalue weighted by molar-refractivity contribution is 6.42. The van der Waals surface area contributed by atoms with Crippen molar-refractivity contribution in [3.05, 3.63) is 40.1 Å². The Bertz CT molecular complexity index is 948. The standard InChI is InChI=1S/C14H11Cl2N7O/c15-8-2-1-6(3-9(8)16)20-10(24)4-7-5-19-13-11(21-7)12(17)22-14(18)23-13/h1-3,5H,4H2,(H,20,24)(H4,17,18,19,22,23). The average Bonchev–Trinajstić information content (AvgIpc) is 2.51. The fraction of sp³-hybridized carbons (Fsp3) is 0.0714. The van der Waals surface area contributed by atoms with Gasteiger partial charge in [-0.15, -0.1) is 0 Å². The van der Waals surface area contributed by atoms with Crippen LogP contribution in [0.5, 0.6) is 0 Å². The predicted octanol–water partition coefficient (Wildman–Crippen LogP) is 2.07. The first-order valence-corrected chi connectivity index (χ1v) is 7.47. The predicted molar refractivity (Wildman–Crippen MR) is 92.7 cm³/mol. The minimum Gasteiger partial charge on any atom is -0.382 e. The molecule has 8 nitrogen and oxygen atoms in total. The van der Waals surface area contributed by atoms with Crippen molar-refractivity contribution in [2.24, 2.45) is 0 Å². The number of aromatic nitrogens is 4. The number of carbonyl (C=O) groups excluding carboxylic acids is 1. The van der Waals surface area contributed by atoms with Crippen LogP contribution in [0.25, 0.3) is 11.2 Å². The Morgan fingerprint density at radius 2 is 1.92 bits per heavy atom. The van der Waals surface area contributed by atoms with Gasteiger partial charge in [-0.2, -0.15) is 9.97 Å². The van der Waals surface area contributed by atoms with Crippen molar-refractivity contribution in [2.75, 3.05) is 16.8 Å². The zero-order chi connectivity index (χ0) is 17.3. The number of hydrogen-bond acceptors (Lipinski definition) is 7. The van der Waals surface area contributed by atoms with Crippen LogP contribution in [0.1, 0.15) is 5.69 Å². The summed E-state index contributed by atoms with van der Waals surface area (Å²) in [6.07, 6.45) is 1.43. The van der Waals surface area contributed by atoms with Crippen molar-refractivity contribution in [1.29, 1.82) is 0 Å². The van der Waals surface area contributed by atoms with E-state index in [4.69, 9.17) is 34.7 Å². The van der Waals surface area contributed by atoms with E-state index in [2.05, 4.69) is 25.3 Å². The van der Waals surface area contributed by atoms with Gasteiger partial charge in [0.2, 0.25) is 11.9 Å². The smallest absolute Gasteiger partial charge is 0.230 e. The molecule has 0 bridgehead atoms. The summed E-state index contributed by atoms with van der Waals surface area (Å²) in [5.74, 6) is -0.173. The number of benzene rings is 1. The number of nitrogens with one attached hydrogen (secondary N) is 1. The van der Waals surface area contributed by atoms with E-state index in [0.717, 1.165) is 0 Å². The molecule has 0 fully saturated rings. The molecule has 2 heterocycles. The van der Waals surface area contributed by atoms with Gasteiger partial charge in [0.25, 0.3) is 0 Å². The molecule has 0 atom stereocenters. The minimum absolute atomic E-state index is 0.00694.